The fourth-order valence-corrected chi connectivity index (χ4v) is 2.32. The number of carbonyl (C=O) groups excluding carboxylic acids is 1. The molecule has 0 fully saturated rings. The van der Waals surface area contributed by atoms with Crippen LogP contribution in [0.5, 0.6) is 0 Å². The maximum Gasteiger partial charge on any atom is 0.244 e. The van der Waals surface area contributed by atoms with Gasteiger partial charge < -0.3 is 15.4 Å². The molecule has 5 nitrogen and oxygen atoms in total. The number of nitrogens with zero attached hydrogens (tertiary/aromatic N) is 1. The molecule has 0 saturated carbocycles. The second-order valence-corrected chi connectivity index (χ2v) is 4.87. The molecular formula is C13H15N3O2S. The topological polar surface area (TPSA) is 78.0 Å². The summed E-state index contributed by atoms with van der Waals surface area (Å²) < 4.78 is 0. The summed E-state index contributed by atoms with van der Waals surface area (Å²) >= 11 is 1.50. The van der Waals surface area contributed by atoms with Crippen molar-refractivity contribution < 1.29 is 9.90 Å². The predicted molar refractivity (Wildman–Crippen MR) is 74.6 cm³/mol. The van der Waals surface area contributed by atoms with Crippen molar-refractivity contribution in [2.24, 2.45) is 0 Å². The molecule has 100 valence electrons. The number of thiophene rings is 1. The molecule has 0 aliphatic rings. The Morgan fingerprint density at radius 3 is 3.16 bits per heavy atom. The Hall–Kier alpha value is -1.92. The average Bonchev–Trinajstić information content (AvgIpc) is 3.07. The summed E-state index contributed by atoms with van der Waals surface area (Å²) in [5.41, 5.74) is 0.864. The van der Waals surface area contributed by atoms with E-state index < -0.39 is 0 Å². The Kier molecular flexibility index (Phi) is 4.88. The molecule has 0 bridgehead atoms. The molecule has 0 aliphatic heterocycles. The van der Waals surface area contributed by atoms with E-state index >= 15 is 0 Å². The van der Waals surface area contributed by atoms with Crippen molar-refractivity contribution in [1.82, 2.24) is 15.3 Å². The quantitative estimate of drug-likeness (QED) is 0.697. The third-order valence-electron chi connectivity index (χ3n) is 2.47. The van der Waals surface area contributed by atoms with E-state index in [0.29, 0.717) is 13.0 Å². The first-order valence-electron chi connectivity index (χ1n) is 5.90. The van der Waals surface area contributed by atoms with E-state index in [1.807, 2.05) is 11.4 Å². The van der Waals surface area contributed by atoms with E-state index in [4.69, 9.17) is 5.11 Å². The number of hydrogen-bond acceptors (Lipinski definition) is 4. The van der Waals surface area contributed by atoms with Crippen LogP contribution in [0.25, 0.3) is 6.08 Å². The number of nitrogens with one attached hydrogen (secondary N) is 2. The van der Waals surface area contributed by atoms with Gasteiger partial charge in [0.2, 0.25) is 5.91 Å². The molecule has 0 unspecified atom stereocenters. The molecule has 0 spiro atoms. The van der Waals surface area contributed by atoms with Crippen LogP contribution in [-0.2, 0) is 17.8 Å². The van der Waals surface area contributed by atoms with Gasteiger partial charge in [-0.2, -0.15) is 0 Å². The number of amides is 1. The van der Waals surface area contributed by atoms with E-state index in [2.05, 4.69) is 15.3 Å². The highest BCUT2D eigenvalue weighted by Crippen LogP contribution is 2.15. The Balaban J connectivity index is 1.74. The van der Waals surface area contributed by atoms with Crippen molar-refractivity contribution in [3.05, 3.63) is 46.2 Å². The third-order valence-corrected chi connectivity index (χ3v) is 3.42. The lowest BCUT2D eigenvalue weighted by Crippen LogP contribution is -2.23. The molecule has 19 heavy (non-hydrogen) atoms. The summed E-state index contributed by atoms with van der Waals surface area (Å²) in [4.78, 5) is 19.5. The van der Waals surface area contributed by atoms with Gasteiger partial charge in [-0.25, -0.2) is 4.98 Å². The lowest BCUT2D eigenvalue weighted by atomic mass is 10.3. The highest BCUT2D eigenvalue weighted by Gasteiger charge is 1.99. The molecule has 6 heteroatoms. The van der Waals surface area contributed by atoms with Crippen molar-refractivity contribution in [1.29, 1.82) is 0 Å². The van der Waals surface area contributed by atoms with Gasteiger partial charge >= 0.3 is 0 Å². The minimum atomic E-state index is -0.134. The van der Waals surface area contributed by atoms with Gasteiger partial charge in [-0.15, -0.1) is 11.3 Å². The molecule has 2 aromatic heterocycles. The van der Waals surface area contributed by atoms with Gasteiger partial charge in [-0.3, -0.25) is 4.79 Å². The van der Waals surface area contributed by atoms with Crippen LogP contribution in [0.4, 0.5) is 0 Å². The van der Waals surface area contributed by atoms with Gasteiger partial charge in [-0.05, 0) is 23.1 Å². The van der Waals surface area contributed by atoms with Gasteiger partial charge in [0.15, 0.2) is 0 Å². The zero-order valence-corrected chi connectivity index (χ0v) is 11.1. The summed E-state index contributed by atoms with van der Waals surface area (Å²) in [5, 5.41) is 13.6. The number of aliphatic hydroxyl groups is 1. The smallest absolute Gasteiger partial charge is 0.244 e. The highest BCUT2D eigenvalue weighted by molar-refractivity contribution is 7.11. The normalized spacial score (nSPS) is 11.0. The zero-order valence-electron chi connectivity index (χ0n) is 10.3. The van der Waals surface area contributed by atoms with E-state index in [9.17, 15) is 4.79 Å². The number of imidazole rings is 1. The molecule has 0 atom stereocenters. The van der Waals surface area contributed by atoms with Crippen molar-refractivity contribution in [3.8, 4) is 0 Å². The minimum Gasteiger partial charge on any atom is -0.392 e. The van der Waals surface area contributed by atoms with Crippen LogP contribution in [0.1, 0.15) is 16.3 Å². The Labute approximate surface area is 115 Å². The molecule has 0 radical (unpaired) electrons. The fourth-order valence-electron chi connectivity index (χ4n) is 1.52. The molecule has 3 N–H and O–H groups in total. The van der Waals surface area contributed by atoms with E-state index in [0.717, 1.165) is 16.3 Å². The SMILES string of the molecule is O=C(C=Cc1cc(CO)cs1)NCCc1ncc[nH]1. The first kappa shape index (κ1) is 13.5. The summed E-state index contributed by atoms with van der Waals surface area (Å²) in [6.07, 6.45) is 7.36. The highest BCUT2D eigenvalue weighted by atomic mass is 32.1. The molecule has 2 heterocycles. The van der Waals surface area contributed by atoms with Crippen LogP contribution in [0.3, 0.4) is 0 Å². The Morgan fingerprint density at radius 1 is 1.58 bits per heavy atom. The maximum atomic E-state index is 11.5. The molecule has 1 amide bonds. The Morgan fingerprint density at radius 2 is 2.47 bits per heavy atom. The summed E-state index contributed by atoms with van der Waals surface area (Å²) in [6, 6.07) is 1.86. The number of aliphatic hydroxyl groups excluding tert-OH is 1. The molecular weight excluding hydrogens is 262 g/mol. The lowest BCUT2D eigenvalue weighted by Gasteiger charge is -1.99. The first-order chi connectivity index (χ1) is 9.28. The predicted octanol–water partition coefficient (Wildman–Crippen LogP) is 1.34. The summed E-state index contributed by atoms with van der Waals surface area (Å²) in [6.45, 7) is 0.572. The van der Waals surface area contributed by atoms with Crippen LogP contribution in [0.15, 0.2) is 29.9 Å². The van der Waals surface area contributed by atoms with Crippen LogP contribution >= 0.6 is 11.3 Å². The van der Waals surface area contributed by atoms with Gasteiger partial charge in [0.05, 0.1) is 6.61 Å². The second kappa shape index (κ2) is 6.86. The monoisotopic (exact) mass is 277 g/mol. The van der Waals surface area contributed by atoms with Crippen molar-refractivity contribution in [2.45, 2.75) is 13.0 Å². The number of hydrogen-bond donors (Lipinski definition) is 3. The first-order valence-corrected chi connectivity index (χ1v) is 6.78. The number of H-pyrrole nitrogens is 1. The van der Waals surface area contributed by atoms with Crippen LogP contribution in [0, 0.1) is 0 Å². The third kappa shape index (κ3) is 4.35. The Bertz CT molecular complexity index is 546. The molecule has 0 aromatic carbocycles. The molecule has 0 saturated heterocycles. The van der Waals surface area contributed by atoms with Gasteiger partial charge in [0, 0.05) is 36.3 Å². The van der Waals surface area contributed by atoms with Crippen molar-refractivity contribution in [2.75, 3.05) is 6.54 Å². The number of carbonyl (C=O) groups is 1. The van der Waals surface area contributed by atoms with E-state index in [-0.39, 0.29) is 12.5 Å². The van der Waals surface area contributed by atoms with Crippen LogP contribution < -0.4 is 5.32 Å². The minimum absolute atomic E-state index is 0.0275. The van der Waals surface area contributed by atoms with Gasteiger partial charge in [0.1, 0.15) is 5.82 Å². The van der Waals surface area contributed by atoms with Crippen molar-refractivity contribution in [3.63, 3.8) is 0 Å². The van der Waals surface area contributed by atoms with E-state index in [1.54, 1.807) is 18.5 Å². The number of aromatic amines is 1. The largest absolute Gasteiger partial charge is 0.392 e. The summed E-state index contributed by atoms with van der Waals surface area (Å²) in [7, 11) is 0. The summed E-state index contributed by atoms with van der Waals surface area (Å²) in [5.74, 6) is 0.723. The molecule has 0 aliphatic carbocycles. The van der Waals surface area contributed by atoms with E-state index in [1.165, 1.54) is 17.4 Å². The van der Waals surface area contributed by atoms with Crippen LogP contribution in [-0.4, -0.2) is 27.5 Å². The van der Waals surface area contributed by atoms with Gasteiger partial charge in [-0.1, -0.05) is 0 Å². The average molecular weight is 277 g/mol. The lowest BCUT2D eigenvalue weighted by molar-refractivity contribution is -0.116. The number of rotatable bonds is 6. The molecule has 2 rings (SSSR count). The maximum absolute atomic E-state index is 11.5. The van der Waals surface area contributed by atoms with Gasteiger partial charge in [0.25, 0.3) is 0 Å². The standard InChI is InChI=1S/C13H15N3O2S/c17-8-10-7-11(19-9-10)1-2-13(18)16-4-3-12-14-5-6-15-12/h1-2,5-7,9,17H,3-4,8H2,(H,14,15)(H,16,18). The molecule has 2 aromatic rings. The fraction of sp³-hybridized carbons (Fsp3) is 0.231. The second-order valence-electron chi connectivity index (χ2n) is 3.93. The van der Waals surface area contributed by atoms with Crippen LogP contribution in [0.2, 0.25) is 0 Å². The zero-order chi connectivity index (χ0) is 13.5. The van der Waals surface area contributed by atoms with Crippen molar-refractivity contribution >= 4 is 23.3 Å². The number of aromatic nitrogens is 2.